The lowest BCUT2D eigenvalue weighted by atomic mass is 10.0. The van der Waals surface area contributed by atoms with Gasteiger partial charge in [0, 0.05) is 18.4 Å². The molecule has 0 unspecified atom stereocenters. The quantitative estimate of drug-likeness (QED) is 0.447. The summed E-state index contributed by atoms with van der Waals surface area (Å²) in [6.45, 7) is 1.02. The van der Waals surface area contributed by atoms with Gasteiger partial charge >= 0.3 is 0 Å². The van der Waals surface area contributed by atoms with Crippen LogP contribution in [0.4, 0.5) is 5.69 Å². The Bertz CT molecular complexity index is 942. The maximum Gasteiger partial charge on any atom is 0.257 e. The Morgan fingerprint density at radius 3 is 2.17 bits per heavy atom. The van der Waals surface area contributed by atoms with Gasteiger partial charge in [0.05, 0.1) is 6.61 Å². The lowest BCUT2D eigenvalue weighted by Crippen LogP contribution is -2.34. The van der Waals surface area contributed by atoms with Gasteiger partial charge in [-0.15, -0.1) is 0 Å². The van der Waals surface area contributed by atoms with Crippen LogP contribution in [0.2, 0.25) is 0 Å². The third-order valence-electron chi connectivity index (χ3n) is 4.15. The zero-order valence-corrected chi connectivity index (χ0v) is 16.9. The van der Waals surface area contributed by atoms with Crippen LogP contribution in [-0.4, -0.2) is 31.3 Å². The van der Waals surface area contributed by atoms with E-state index in [2.05, 4.69) is 10.6 Å². The van der Waals surface area contributed by atoms with Crippen LogP contribution in [0.25, 0.3) is 11.1 Å². The summed E-state index contributed by atoms with van der Waals surface area (Å²) in [4.78, 5) is 12.4. The third kappa shape index (κ3) is 6.14. The standard InChI is InChI=1S/C23H22N2O3S/c1-27-15-16-28-21-13-11-20(12-14-21)24-23(29)25-22(26)19-9-7-18(8-10-19)17-5-3-2-4-6-17/h2-14H,15-16H2,1H3,(H2,24,25,26,29). The fourth-order valence-electron chi connectivity index (χ4n) is 2.66. The van der Waals surface area contributed by atoms with Gasteiger partial charge in [-0.25, -0.2) is 0 Å². The van der Waals surface area contributed by atoms with Crippen molar-refractivity contribution in [2.75, 3.05) is 25.6 Å². The number of carbonyl (C=O) groups is 1. The summed E-state index contributed by atoms with van der Waals surface area (Å²) in [7, 11) is 1.63. The normalized spacial score (nSPS) is 10.2. The average Bonchev–Trinajstić information content (AvgIpc) is 2.76. The number of carbonyl (C=O) groups excluding carboxylic acids is 1. The van der Waals surface area contributed by atoms with E-state index in [9.17, 15) is 4.79 Å². The molecule has 3 aromatic carbocycles. The Morgan fingerprint density at radius 2 is 1.52 bits per heavy atom. The predicted octanol–water partition coefficient (Wildman–Crippen LogP) is 4.51. The minimum atomic E-state index is -0.262. The number of benzene rings is 3. The van der Waals surface area contributed by atoms with E-state index in [-0.39, 0.29) is 11.0 Å². The lowest BCUT2D eigenvalue weighted by molar-refractivity contribution is 0.0978. The van der Waals surface area contributed by atoms with Crippen LogP contribution < -0.4 is 15.4 Å². The Hall–Kier alpha value is -3.22. The van der Waals surface area contributed by atoms with Crippen LogP contribution in [0.1, 0.15) is 10.4 Å². The van der Waals surface area contributed by atoms with Crippen molar-refractivity contribution in [3.8, 4) is 16.9 Å². The minimum absolute atomic E-state index is 0.232. The van der Waals surface area contributed by atoms with Gasteiger partial charge in [-0.1, -0.05) is 42.5 Å². The number of nitrogens with one attached hydrogen (secondary N) is 2. The summed E-state index contributed by atoms with van der Waals surface area (Å²) in [6.07, 6.45) is 0. The molecule has 3 aromatic rings. The Morgan fingerprint density at radius 1 is 0.862 bits per heavy atom. The topological polar surface area (TPSA) is 59.6 Å². The first-order valence-electron chi connectivity index (χ1n) is 9.15. The van der Waals surface area contributed by atoms with Gasteiger partial charge in [0.1, 0.15) is 12.4 Å². The molecule has 0 fully saturated rings. The summed E-state index contributed by atoms with van der Waals surface area (Å²) in [5.41, 5.74) is 3.45. The lowest BCUT2D eigenvalue weighted by Gasteiger charge is -2.11. The van der Waals surface area contributed by atoms with Crippen molar-refractivity contribution in [1.29, 1.82) is 0 Å². The number of hydrogen-bond acceptors (Lipinski definition) is 4. The van der Waals surface area contributed by atoms with Crippen molar-refractivity contribution in [2.24, 2.45) is 0 Å². The molecule has 0 saturated heterocycles. The van der Waals surface area contributed by atoms with E-state index in [1.807, 2.05) is 66.7 Å². The molecule has 6 heteroatoms. The summed E-state index contributed by atoms with van der Waals surface area (Å²) >= 11 is 5.24. The monoisotopic (exact) mass is 406 g/mol. The van der Waals surface area contributed by atoms with Crippen LogP contribution >= 0.6 is 12.2 Å². The molecular weight excluding hydrogens is 384 g/mol. The van der Waals surface area contributed by atoms with Crippen molar-refractivity contribution in [3.63, 3.8) is 0 Å². The second-order valence-corrected chi connectivity index (χ2v) is 6.63. The van der Waals surface area contributed by atoms with E-state index in [1.165, 1.54) is 0 Å². The molecule has 0 aliphatic rings. The minimum Gasteiger partial charge on any atom is -0.491 e. The maximum atomic E-state index is 12.4. The van der Waals surface area contributed by atoms with E-state index in [4.69, 9.17) is 21.7 Å². The molecule has 0 aliphatic heterocycles. The predicted molar refractivity (Wildman–Crippen MR) is 119 cm³/mol. The molecule has 2 N–H and O–H groups in total. The van der Waals surface area contributed by atoms with Gasteiger partial charge < -0.3 is 14.8 Å². The van der Waals surface area contributed by atoms with Gasteiger partial charge in [0.25, 0.3) is 5.91 Å². The molecule has 0 heterocycles. The number of hydrogen-bond donors (Lipinski definition) is 2. The van der Waals surface area contributed by atoms with Crippen LogP contribution in [0.15, 0.2) is 78.9 Å². The molecule has 0 atom stereocenters. The van der Waals surface area contributed by atoms with E-state index in [0.29, 0.717) is 18.8 Å². The molecule has 0 radical (unpaired) electrons. The fourth-order valence-corrected chi connectivity index (χ4v) is 2.87. The van der Waals surface area contributed by atoms with Crippen LogP contribution in [0, 0.1) is 0 Å². The molecule has 0 spiro atoms. The molecule has 5 nitrogen and oxygen atoms in total. The highest BCUT2D eigenvalue weighted by molar-refractivity contribution is 7.80. The van der Waals surface area contributed by atoms with Gasteiger partial charge in [-0.3, -0.25) is 10.1 Å². The zero-order valence-electron chi connectivity index (χ0n) is 16.1. The van der Waals surface area contributed by atoms with Gasteiger partial charge in [-0.2, -0.15) is 0 Å². The van der Waals surface area contributed by atoms with E-state index in [1.54, 1.807) is 19.2 Å². The van der Waals surface area contributed by atoms with Crippen LogP contribution in [0.3, 0.4) is 0 Å². The molecular formula is C23H22N2O3S. The maximum absolute atomic E-state index is 12.4. The first-order chi connectivity index (χ1) is 14.2. The van der Waals surface area contributed by atoms with Crippen molar-refractivity contribution in [2.45, 2.75) is 0 Å². The highest BCUT2D eigenvalue weighted by atomic mass is 32.1. The molecule has 0 saturated carbocycles. The number of amides is 1. The van der Waals surface area contributed by atoms with E-state index < -0.39 is 0 Å². The SMILES string of the molecule is COCCOc1ccc(NC(=S)NC(=O)c2ccc(-c3ccccc3)cc2)cc1. The van der Waals surface area contributed by atoms with Gasteiger partial charge in [-0.05, 0) is 59.7 Å². The van der Waals surface area contributed by atoms with Crippen molar-refractivity contribution in [3.05, 3.63) is 84.4 Å². The summed E-state index contributed by atoms with van der Waals surface area (Å²) in [5, 5.41) is 5.92. The van der Waals surface area contributed by atoms with Gasteiger partial charge in [0.15, 0.2) is 5.11 Å². The first kappa shape index (κ1) is 20.5. The van der Waals surface area contributed by atoms with Crippen LogP contribution in [0.5, 0.6) is 5.75 Å². The van der Waals surface area contributed by atoms with Gasteiger partial charge in [0.2, 0.25) is 0 Å². The molecule has 0 aliphatic carbocycles. The number of rotatable bonds is 7. The fraction of sp³-hybridized carbons (Fsp3) is 0.130. The number of thiocarbonyl (C=S) groups is 1. The molecule has 29 heavy (non-hydrogen) atoms. The third-order valence-corrected chi connectivity index (χ3v) is 4.35. The summed E-state index contributed by atoms with van der Waals surface area (Å²) in [5.74, 6) is 0.475. The first-order valence-corrected chi connectivity index (χ1v) is 9.56. The number of ether oxygens (including phenoxy) is 2. The Kier molecular flexibility index (Phi) is 7.33. The number of methoxy groups -OCH3 is 1. The Balaban J connectivity index is 1.53. The van der Waals surface area contributed by atoms with E-state index in [0.717, 1.165) is 22.6 Å². The number of anilines is 1. The zero-order chi connectivity index (χ0) is 20.5. The molecule has 0 bridgehead atoms. The highest BCUT2D eigenvalue weighted by Crippen LogP contribution is 2.19. The molecule has 148 valence electrons. The average molecular weight is 407 g/mol. The molecule has 3 rings (SSSR count). The summed E-state index contributed by atoms with van der Waals surface area (Å²) < 4.78 is 10.5. The Labute approximate surface area is 175 Å². The largest absolute Gasteiger partial charge is 0.491 e. The van der Waals surface area contributed by atoms with E-state index >= 15 is 0 Å². The smallest absolute Gasteiger partial charge is 0.257 e. The highest BCUT2D eigenvalue weighted by Gasteiger charge is 2.08. The van der Waals surface area contributed by atoms with Crippen LogP contribution in [-0.2, 0) is 4.74 Å². The second-order valence-electron chi connectivity index (χ2n) is 6.22. The second kappa shape index (κ2) is 10.4. The molecule has 1 amide bonds. The van der Waals surface area contributed by atoms with Crippen molar-refractivity contribution in [1.82, 2.24) is 5.32 Å². The van der Waals surface area contributed by atoms with Crippen molar-refractivity contribution < 1.29 is 14.3 Å². The summed E-state index contributed by atoms with van der Waals surface area (Å²) in [6, 6.07) is 24.7. The van der Waals surface area contributed by atoms with Crippen molar-refractivity contribution >= 4 is 28.9 Å². The molecule has 0 aromatic heterocycles.